The van der Waals surface area contributed by atoms with Crippen LogP contribution in [0.1, 0.15) is 44.4 Å². The maximum atomic E-state index is 12.5. The number of hydrogen-bond acceptors (Lipinski definition) is 10. The van der Waals surface area contributed by atoms with Crippen molar-refractivity contribution < 1.29 is 18.8 Å². The lowest BCUT2D eigenvalue weighted by molar-refractivity contribution is 0.0509. The van der Waals surface area contributed by atoms with Crippen molar-refractivity contribution in [3.63, 3.8) is 0 Å². The molecule has 0 saturated heterocycles. The zero-order valence-corrected chi connectivity index (χ0v) is 19.9. The predicted octanol–water partition coefficient (Wildman–Crippen LogP) is 3.77. The standard InChI is InChI=1S/C23H24N6O4S/c1-4-11-32-23(31)18-13(2)27-22(34-18)21(30)26-10-9-25-20-17-12-16(19-28-14(3)33-29-19)6-5-15(17)7-8-24-20/h5-8,12H,4,9-11H2,1-3H3,(H,24,25)(H,26,30). The molecule has 0 atom stereocenters. The number of pyridine rings is 1. The number of nitrogens with zero attached hydrogens (tertiary/aromatic N) is 4. The van der Waals surface area contributed by atoms with Crippen molar-refractivity contribution in [1.29, 1.82) is 0 Å². The molecule has 176 valence electrons. The fourth-order valence-corrected chi connectivity index (χ4v) is 4.12. The Hall–Kier alpha value is -3.86. The van der Waals surface area contributed by atoms with Crippen molar-refractivity contribution >= 4 is 39.8 Å². The van der Waals surface area contributed by atoms with Crippen molar-refractivity contribution in [3.05, 3.63) is 51.9 Å². The zero-order chi connectivity index (χ0) is 24.1. The van der Waals surface area contributed by atoms with Gasteiger partial charge >= 0.3 is 5.97 Å². The maximum Gasteiger partial charge on any atom is 0.350 e. The quantitative estimate of drug-likeness (QED) is 0.271. The lowest BCUT2D eigenvalue weighted by Crippen LogP contribution is -2.28. The lowest BCUT2D eigenvalue weighted by atomic mass is 10.1. The van der Waals surface area contributed by atoms with Crippen LogP contribution in [0.5, 0.6) is 0 Å². The maximum absolute atomic E-state index is 12.5. The van der Waals surface area contributed by atoms with Crippen molar-refractivity contribution in [3.8, 4) is 11.4 Å². The molecule has 1 aromatic carbocycles. The lowest BCUT2D eigenvalue weighted by Gasteiger charge is -2.10. The van der Waals surface area contributed by atoms with Gasteiger partial charge in [0.2, 0.25) is 11.7 Å². The van der Waals surface area contributed by atoms with Crippen molar-refractivity contribution in [1.82, 2.24) is 25.4 Å². The molecule has 0 radical (unpaired) electrons. The molecule has 0 fully saturated rings. The highest BCUT2D eigenvalue weighted by atomic mass is 32.1. The van der Waals surface area contributed by atoms with Gasteiger partial charge in [-0.3, -0.25) is 4.79 Å². The van der Waals surface area contributed by atoms with E-state index in [2.05, 4.69) is 30.7 Å². The summed E-state index contributed by atoms with van der Waals surface area (Å²) in [5, 5.41) is 12.2. The van der Waals surface area contributed by atoms with Crippen LogP contribution in [0.25, 0.3) is 22.2 Å². The van der Waals surface area contributed by atoms with E-state index >= 15 is 0 Å². The van der Waals surface area contributed by atoms with E-state index in [0.29, 0.717) is 47.8 Å². The number of thiazole rings is 1. The van der Waals surface area contributed by atoms with Crippen molar-refractivity contribution in [2.24, 2.45) is 0 Å². The Labute approximate surface area is 199 Å². The number of carbonyl (C=O) groups excluding carboxylic acids is 2. The van der Waals surface area contributed by atoms with Crippen LogP contribution < -0.4 is 10.6 Å². The molecule has 0 saturated carbocycles. The van der Waals surface area contributed by atoms with Crippen LogP contribution in [-0.4, -0.2) is 51.7 Å². The number of rotatable bonds is 9. The Morgan fingerprint density at radius 2 is 2.00 bits per heavy atom. The summed E-state index contributed by atoms with van der Waals surface area (Å²) < 4.78 is 10.2. The number of aryl methyl sites for hydroxylation is 2. The Morgan fingerprint density at radius 3 is 2.76 bits per heavy atom. The van der Waals surface area contributed by atoms with Gasteiger partial charge < -0.3 is 19.9 Å². The summed E-state index contributed by atoms with van der Waals surface area (Å²) in [5.41, 5.74) is 1.31. The van der Waals surface area contributed by atoms with Crippen LogP contribution in [0.2, 0.25) is 0 Å². The van der Waals surface area contributed by atoms with Crippen LogP contribution in [0, 0.1) is 13.8 Å². The minimum Gasteiger partial charge on any atom is -0.461 e. The highest BCUT2D eigenvalue weighted by molar-refractivity contribution is 7.15. The molecule has 3 aromatic heterocycles. The van der Waals surface area contributed by atoms with Gasteiger partial charge in [-0.1, -0.05) is 24.2 Å². The monoisotopic (exact) mass is 480 g/mol. The van der Waals surface area contributed by atoms with Crippen LogP contribution in [0.3, 0.4) is 0 Å². The fourth-order valence-electron chi connectivity index (χ4n) is 3.24. The smallest absolute Gasteiger partial charge is 0.350 e. The third-order valence-electron chi connectivity index (χ3n) is 4.87. The minimum atomic E-state index is -0.449. The summed E-state index contributed by atoms with van der Waals surface area (Å²) in [6.45, 7) is 6.47. The third-order valence-corrected chi connectivity index (χ3v) is 6.00. The number of ether oxygens (including phenoxy) is 1. The second-order valence-corrected chi connectivity index (χ2v) is 8.48. The molecule has 10 nitrogen and oxygen atoms in total. The Kier molecular flexibility index (Phi) is 7.12. The van der Waals surface area contributed by atoms with Gasteiger partial charge in [-0.25, -0.2) is 14.8 Å². The summed E-state index contributed by atoms with van der Waals surface area (Å²) >= 11 is 1.03. The summed E-state index contributed by atoms with van der Waals surface area (Å²) in [6, 6.07) is 7.77. The van der Waals surface area contributed by atoms with E-state index in [4.69, 9.17) is 9.26 Å². The molecule has 11 heteroatoms. The first kappa shape index (κ1) is 23.3. The Balaban J connectivity index is 1.38. The zero-order valence-electron chi connectivity index (χ0n) is 19.0. The number of amides is 1. The number of anilines is 1. The molecule has 0 aliphatic heterocycles. The van der Waals surface area contributed by atoms with E-state index in [0.717, 1.165) is 34.1 Å². The van der Waals surface area contributed by atoms with Crippen molar-refractivity contribution in [2.45, 2.75) is 27.2 Å². The van der Waals surface area contributed by atoms with Gasteiger partial charge in [0, 0.05) is 37.2 Å². The average Bonchev–Trinajstić information content (AvgIpc) is 3.45. The van der Waals surface area contributed by atoms with Gasteiger partial charge in [0.15, 0.2) is 5.01 Å². The molecular formula is C23H24N6O4S. The average molecular weight is 481 g/mol. The normalized spacial score (nSPS) is 10.9. The summed E-state index contributed by atoms with van der Waals surface area (Å²) in [5.74, 6) is 0.897. The van der Waals surface area contributed by atoms with Gasteiger partial charge in [-0.05, 0) is 30.9 Å². The third kappa shape index (κ3) is 5.20. The number of esters is 1. The first-order valence-electron chi connectivity index (χ1n) is 10.8. The van der Waals surface area contributed by atoms with Gasteiger partial charge in [-0.15, -0.1) is 11.3 Å². The van der Waals surface area contributed by atoms with Gasteiger partial charge in [0.05, 0.1) is 12.3 Å². The molecule has 4 rings (SSSR count). The molecular weight excluding hydrogens is 456 g/mol. The van der Waals surface area contributed by atoms with E-state index in [1.807, 2.05) is 31.2 Å². The predicted molar refractivity (Wildman–Crippen MR) is 128 cm³/mol. The van der Waals surface area contributed by atoms with Crippen LogP contribution in [-0.2, 0) is 4.74 Å². The SMILES string of the molecule is CCCOC(=O)c1sc(C(=O)NCCNc2nccc3ccc(-c4noc(C)n4)cc23)nc1C. The summed E-state index contributed by atoms with van der Waals surface area (Å²) in [4.78, 5) is 37.8. The van der Waals surface area contributed by atoms with Crippen LogP contribution >= 0.6 is 11.3 Å². The highest BCUT2D eigenvalue weighted by Gasteiger charge is 2.20. The molecule has 1 amide bonds. The van der Waals surface area contributed by atoms with Gasteiger partial charge in [0.1, 0.15) is 10.7 Å². The number of carbonyl (C=O) groups is 2. The van der Waals surface area contributed by atoms with E-state index < -0.39 is 5.97 Å². The van der Waals surface area contributed by atoms with Crippen LogP contribution in [0.15, 0.2) is 35.0 Å². The second kappa shape index (κ2) is 10.4. The molecule has 0 bridgehead atoms. The fraction of sp³-hybridized carbons (Fsp3) is 0.304. The van der Waals surface area contributed by atoms with Crippen molar-refractivity contribution in [2.75, 3.05) is 25.0 Å². The van der Waals surface area contributed by atoms with E-state index in [1.165, 1.54) is 0 Å². The molecule has 3 heterocycles. The second-order valence-electron chi connectivity index (χ2n) is 7.48. The molecule has 2 N–H and O–H groups in total. The number of nitrogens with one attached hydrogen (secondary N) is 2. The van der Waals surface area contributed by atoms with E-state index in [9.17, 15) is 9.59 Å². The number of benzene rings is 1. The van der Waals surface area contributed by atoms with Gasteiger partial charge in [-0.2, -0.15) is 4.98 Å². The van der Waals surface area contributed by atoms with Gasteiger partial charge in [0.25, 0.3) is 5.91 Å². The molecule has 4 aromatic rings. The molecule has 0 aliphatic rings. The minimum absolute atomic E-state index is 0.226. The van der Waals surface area contributed by atoms with Crippen LogP contribution in [0.4, 0.5) is 5.82 Å². The molecule has 0 aliphatic carbocycles. The Morgan fingerprint density at radius 1 is 1.15 bits per heavy atom. The summed E-state index contributed by atoms with van der Waals surface area (Å²) in [6.07, 6.45) is 2.45. The number of hydrogen-bond donors (Lipinski definition) is 2. The number of fused-ring (bicyclic) bond motifs is 1. The summed E-state index contributed by atoms with van der Waals surface area (Å²) in [7, 11) is 0. The highest BCUT2D eigenvalue weighted by Crippen LogP contribution is 2.26. The molecule has 34 heavy (non-hydrogen) atoms. The first-order valence-corrected chi connectivity index (χ1v) is 11.6. The topological polar surface area (TPSA) is 132 Å². The molecule has 0 spiro atoms. The van der Waals surface area contributed by atoms with E-state index in [-0.39, 0.29) is 10.9 Å². The van der Waals surface area contributed by atoms with E-state index in [1.54, 1.807) is 20.0 Å². The largest absolute Gasteiger partial charge is 0.461 e. The first-order chi connectivity index (χ1) is 16.5. The number of aromatic nitrogens is 4. The molecule has 0 unspecified atom stereocenters. The Bertz CT molecular complexity index is 1330.